The zero-order chi connectivity index (χ0) is 28.9. The van der Waals surface area contributed by atoms with Gasteiger partial charge in [-0.25, -0.2) is 0 Å². The SMILES string of the molecule is C[Si](C)(C)c1cc2c(-c3ccccc3)cccc2[cH-]1.C[Si](C)(C)c1cc2c(-c3ccccc3)cccc2[cH-]1.Cl.Cl.[CH3-].[CH3-].[Si]=[Ti]. The molecule has 6 heteroatoms. The zero-order valence-electron chi connectivity index (χ0n) is 27.4. The standard InChI is InChI=1S/2C18H19Si.2CH3.2ClH.Si.Ti/c2*1-19(2,3)16-12-15-10-7-11-17(18(15)13-16)14-8-5-4-6-9-14;;;;;;/h2*4-13H,1-3H3;2*1H3;2*1H;;/q4*-1;;;;. The average Bonchev–Trinajstić information content (AvgIpc) is 3.61. The topological polar surface area (TPSA) is 0 Å². The molecule has 0 saturated heterocycles. The second-order valence-corrected chi connectivity index (χ2v) is 22.5. The molecule has 0 aromatic heterocycles. The van der Waals surface area contributed by atoms with Crippen LogP contribution in [0.2, 0.25) is 39.3 Å². The maximum atomic E-state index is 2.97. The summed E-state index contributed by atoms with van der Waals surface area (Å²) in [7, 11) is 0.492. The van der Waals surface area contributed by atoms with Gasteiger partial charge in [0.05, 0.1) is 16.1 Å². The van der Waals surface area contributed by atoms with Gasteiger partial charge in [-0.3, -0.25) is 0 Å². The van der Waals surface area contributed by atoms with Gasteiger partial charge in [0.15, 0.2) is 0 Å². The normalized spacial score (nSPS) is 10.4. The number of rotatable bonds is 4. The fourth-order valence-electron chi connectivity index (χ4n) is 5.07. The molecular weight excluding hydrogens is 659 g/mol. The molecule has 0 aliphatic rings. The molecule has 0 nitrogen and oxygen atoms in total. The fourth-order valence-corrected chi connectivity index (χ4v) is 7.41. The quantitative estimate of drug-likeness (QED) is 0.127. The molecule has 0 bridgehead atoms. The molecule has 0 saturated carbocycles. The molecule has 0 heterocycles. The van der Waals surface area contributed by atoms with Gasteiger partial charge in [-0.2, -0.15) is 12.1 Å². The van der Waals surface area contributed by atoms with Gasteiger partial charge in [-0.15, -0.1) is 93.1 Å². The molecule has 44 heavy (non-hydrogen) atoms. The van der Waals surface area contributed by atoms with Gasteiger partial charge in [-0.1, -0.05) is 123 Å². The van der Waals surface area contributed by atoms with E-state index in [2.05, 4.69) is 168 Å². The predicted molar refractivity (Wildman–Crippen MR) is 209 cm³/mol. The third-order valence-electron chi connectivity index (χ3n) is 7.40. The molecule has 6 rings (SSSR count). The van der Waals surface area contributed by atoms with Gasteiger partial charge >= 0.3 is 26.8 Å². The molecule has 0 spiro atoms. The summed E-state index contributed by atoms with van der Waals surface area (Å²) in [5.41, 5.74) is 5.31. The van der Waals surface area contributed by atoms with E-state index < -0.39 is 16.1 Å². The van der Waals surface area contributed by atoms with E-state index in [-0.39, 0.29) is 39.7 Å². The Morgan fingerprint density at radius 1 is 0.477 bits per heavy atom. The van der Waals surface area contributed by atoms with Crippen molar-refractivity contribution in [2.75, 3.05) is 0 Å². The Hall–Kier alpha value is -1.96. The predicted octanol–water partition coefficient (Wildman–Crippen LogP) is 10.9. The van der Waals surface area contributed by atoms with Gasteiger partial charge in [0.1, 0.15) is 0 Å². The molecule has 232 valence electrons. The Kier molecular flexibility index (Phi) is 17.4. The molecule has 0 fully saturated rings. The third kappa shape index (κ3) is 10.0. The number of halogens is 2. The van der Waals surface area contributed by atoms with Crippen LogP contribution in [0, 0.1) is 14.9 Å². The van der Waals surface area contributed by atoms with E-state index in [1.54, 1.807) is 29.5 Å². The molecule has 2 radical (unpaired) electrons. The van der Waals surface area contributed by atoms with Crippen LogP contribution in [0.3, 0.4) is 0 Å². The van der Waals surface area contributed by atoms with Crippen LogP contribution in [-0.4, -0.2) is 23.8 Å². The van der Waals surface area contributed by atoms with Crippen LogP contribution in [0.5, 0.6) is 0 Å². The Morgan fingerprint density at radius 3 is 1.09 bits per heavy atom. The first-order valence-electron chi connectivity index (χ1n) is 13.9. The molecule has 0 aliphatic heterocycles. The summed E-state index contributed by atoms with van der Waals surface area (Å²) in [6.07, 6.45) is 0. The van der Waals surface area contributed by atoms with E-state index in [0.29, 0.717) is 0 Å². The summed E-state index contributed by atoms with van der Waals surface area (Å²) in [5.74, 6) is 0. The summed E-state index contributed by atoms with van der Waals surface area (Å²) in [6, 6.07) is 44.2. The first-order valence-corrected chi connectivity index (χ1v) is 23.7. The van der Waals surface area contributed by atoms with Crippen molar-refractivity contribution in [2.45, 2.75) is 39.3 Å². The Labute approximate surface area is 295 Å². The molecule has 0 unspecified atom stereocenters. The number of benzene rings is 4. The van der Waals surface area contributed by atoms with E-state index in [1.165, 1.54) is 43.8 Å². The van der Waals surface area contributed by atoms with Crippen molar-refractivity contribution in [1.29, 1.82) is 0 Å². The van der Waals surface area contributed by atoms with Crippen LogP contribution in [0.25, 0.3) is 43.8 Å². The fraction of sp³-hybridized carbons (Fsp3) is 0.158. The first-order chi connectivity index (χ1) is 19.1. The second-order valence-electron chi connectivity index (χ2n) is 12.3. The number of fused-ring (bicyclic) bond motifs is 2. The molecular formula is C38H46Cl2Si3Ti-4. The number of hydrogen-bond donors (Lipinski definition) is 0. The molecule has 0 atom stereocenters. The van der Waals surface area contributed by atoms with Crippen molar-refractivity contribution < 1.29 is 19.2 Å². The Bertz CT molecular complexity index is 1570. The van der Waals surface area contributed by atoms with Gasteiger partial charge in [-0.05, 0) is 11.1 Å². The summed E-state index contributed by atoms with van der Waals surface area (Å²) in [6.45, 7) is 14.4. The number of hydrogen-bond acceptors (Lipinski definition) is 0. The first kappa shape index (κ1) is 42.0. The summed E-state index contributed by atoms with van der Waals surface area (Å²) in [5, 5.41) is 8.63. The van der Waals surface area contributed by atoms with E-state index >= 15 is 0 Å². The van der Waals surface area contributed by atoms with Crippen LogP contribution in [0.15, 0.2) is 121 Å². The second kappa shape index (κ2) is 18.3. The maximum absolute atomic E-state index is 2.97. The third-order valence-corrected chi connectivity index (χ3v) is 11.4. The van der Waals surface area contributed by atoms with Crippen molar-refractivity contribution in [2.24, 2.45) is 0 Å². The average molecular weight is 706 g/mol. The van der Waals surface area contributed by atoms with Gasteiger partial charge in [0.2, 0.25) is 0 Å². The Morgan fingerprint density at radius 2 is 0.795 bits per heavy atom. The molecule has 0 N–H and O–H groups in total. The van der Waals surface area contributed by atoms with Crippen LogP contribution in [0.1, 0.15) is 0 Å². The molecule has 6 aromatic carbocycles. The zero-order valence-corrected chi connectivity index (χ0v) is 33.6. The van der Waals surface area contributed by atoms with Gasteiger partial charge in [0, 0.05) is 0 Å². The minimum atomic E-state index is -1.24. The van der Waals surface area contributed by atoms with Crippen molar-refractivity contribution >= 4 is 80.5 Å². The van der Waals surface area contributed by atoms with Crippen LogP contribution < -0.4 is 10.4 Å². The van der Waals surface area contributed by atoms with Crippen LogP contribution in [0.4, 0.5) is 0 Å². The van der Waals surface area contributed by atoms with Gasteiger partial charge in [0.25, 0.3) is 0 Å². The monoisotopic (exact) mass is 704 g/mol. The van der Waals surface area contributed by atoms with Crippen molar-refractivity contribution in [3.8, 4) is 22.3 Å². The summed E-state index contributed by atoms with van der Waals surface area (Å²) >= 11 is 1.81. The van der Waals surface area contributed by atoms with Crippen molar-refractivity contribution in [1.82, 2.24) is 0 Å². The summed E-state index contributed by atoms with van der Waals surface area (Å²) < 4.78 is 0. The molecule has 6 aromatic rings. The van der Waals surface area contributed by atoms with Crippen molar-refractivity contribution in [3.63, 3.8) is 0 Å². The van der Waals surface area contributed by atoms with E-state index in [1.807, 2.05) is 0 Å². The van der Waals surface area contributed by atoms with Crippen LogP contribution >= 0.6 is 24.8 Å². The Balaban J connectivity index is 0.000000733. The van der Waals surface area contributed by atoms with E-state index in [9.17, 15) is 0 Å². The van der Waals surface area contributed by atoms with E-state index in [0.717, 1.165) is 0 Å². The van der Waals surface area contributed by atoms with Crippen molar-refractivity contribution in [3.05, 3.63) is 136 Å². The van der Waals surface area contributed by atoms with Crippen LogP contribution in [-0.2, 0) is 19.2 Å². The summed E-state index contributed by atoms with van der Waals surface area (Å²) in [4.78, 5) is 0. The molecule has 0 amide bonds. The van der Waals surface area contributed by atoms with E-state index in [4.69, 9.17) is 0 Å². The van der Waals surface area contributed by atoms with Gasteiger partial charge < -0.3 is 14.9 Å². The minimum absolute atomic E-state index is 0. The molecule has 0 aliphatic carbocycles.